The van der Waals surface area contributed by atoms with Gasteiger partial charge in [-0.2, -0.15) is 5.26 Å². The van der Waals surface area contributed by atoms with Crippen molar-refractivity contribution < 1.29 is 14.4 Å². The van der Waals surface area contributed by atoms with Gasteiger partial charge >= 0.3 is 0 Å². The van der Waals surface area contributed by atoms with E-state index in [2.05, 4.69) is 4.90 Å². The highest BCUT2D eigenvalue weighted by Gasteiger charge is 2.37. The topological polar surface area (TPSA) is 84.7 Å². The Hall–Kier alpha value is -3.57. The first-order chi connectivity index (χ1) is 15.0. The Balaban J connectivity index is 1.36. The number of hydrogen-bond donors (Lipinski definition) is 0. The van der Waals surface area contributed by atoms with Crippen molar-refractivity contribution in [2.75, 3.05) is 37.6 Å². The fraction of sp³-hybridized carbons (Fsp3) is 0.217. The van der Waals surface area contributed by atoms with Crippen molar-refractivity contribution in [3.8, 4) is 6.07 Å². The number of nitriles is 1. The lowest BCUT2D eigenvalue weighted by Crippen LogP contribution is -2.51. The van der Waals surface area contributed by atoms with E-state index in [1.54, 1.807) is 35.2 Å². The molecule has 0 spiro atoms. The maximum absolute atomic E-state index is 12.7. The van der Waals surface area contributed by atoms with Gasteiger partial charge in [0.25, 0.3) is 11.1 Å². The second kappa shape index (κ2) is 9.06. The quantitative estimate of drug-likeness (QED) is 0.691. The van der Waals surface area contributed by atoms with Gasteiger partial charge in [0.1, 0.15) is 6.54 Å². The first-order valence-corrected chi connectivity index (χ1v) is 10.7. The molecule has 0 saturated carbocycles. The average molecular weight is 433 g/mol. The Morgan fingerprint density at radius 2 is 1.68 bits per heavy atom. The van der Waals surface area contributed by atoms with Gasteiger partial charge in [-0.25, -0.2) is 0 Å². The average Bonchev–Trinajstić information content (AvgIpc) is 3.07. The number of carbonyl (C=O) groups excluding carboxylic acids is 3. The van der Waals surface area contributed by atoms with Gasteiger partial charge in [-0.1, -0.05) is 30.3 Å². The lowest BCUT2D eigenvalue weighted by molar-refractivity contribution is -0.136. The number of nitrogens with zero attached hydrogens (tertiary/aromatic N) is 4. The lowest BCUT2D eigenvalue weighted by atomic mass is 10.1. The van der Waals surface area contributed by atoms with E-state index in [0.29, 0.717) is 37.3 Å². The van der Waals surface area contributed by atoms with Crippen LogP contribution in [0.1, 0.15) is 11.1 Å². The fourth-order valence-electron chi connectivity index (χ4n) is 3.53. The van der Waals surface area contributed by atoms with Gasteiger partial charge in [-0.05, 0) is 47.7 Å². The number of hydrogen-bond acceptors (Lipinski definition) is 6. The predicted molar refractivity (Wildman–Crippen MR) is 119 cm³/mol. The zero-order chi connectivity index (χ0) is 21.8. The normalized spacial score (nSPS) is 17.9. The number of piperazine rings is 1. The van der Waals surface area contributed by atoms with Crippen LogP contribution >= 0.6 is 11.8 Å². The maximum atomic E-state index is 12.7. The van der Waals surface area contributed by atoms with E-state index in [9.17, 15) is 14.4 Å². The molecule has 2 saturated heterocycles. The van der Waals surface area contributed by atoms with E-state index >= 15 is 0 Å². The van der Waals surface area contributed by atoms with Crippen LogP contribution in [0, 0.1) is 11.3 Å². The molecule has 4 rings (SSSR count). The molecule has 2 heterocycles. The summed E-state index contributed by atoms with van der Waals surface area (Å²) in [5.41, 5.74) is 2.35. The van der Waals surface area contributed by atoms with Gasteiger partial charge in [-0.3, -0.25) is 19.3 Å². The molecule has 0 aromatic heterocycles. The Labute approximate surface area is 184 Å². The molecule has 2 fully saturated rings. The summed E-state index contributed by atoms with van der Waals surface area (Å²) >= 11 is 0.827. The predicted octanol–water partition coefficient (Wildman–Crippen LogP) is 2.94. The van der Waals surface area contributed by atoms with Crippen molar-refractivity contribution in [3.05, 3.63) is 70.6 Å². The summed E-state index contributed by atoms with van der Waals surface area (Å²) in [5.74, 6) is -0.690. The van der Waals surface area contributed by atoms with E-state index in [4.69, 9.17) is 5.26 Å². The molecule has 0 N–H and O–H groups in total. The third kappa shape index (κ3) is 4.62. The smallest absolute Gasteiger partial charge is 0.294 e. The van der Waals surface area contributed by atoms with Crippen LogP contribution in [0.4, 0.5) is 10.5 Å². The molecule has 3 amide bonds. The summed E-state index contributed by atoms with van der Waals surface area (Å²) in [6, 6.07) is 18.8. The van der Waals surface area contributed by atoms with Crippen molar-refractivity contribution in [3.63, 3.8) is 0 Å². The molecule has 0 aliphatic carbocycles. The van der Waals surface area contributed by atoms with Gasteiger partial charge in [-0.15, -0.1) is 0 Å². The number of carbonyl (C=O) groups is 3. The first kappa shape index (κ1) is 20.7. The highest BCUT2D eigenvalue weighted by atomic mass is 32.2. The first-order valence-electron chi connectivity index (χ1n) is 9.88. The second-order valence-electron chi connectivity index (χ2n) is 7.21. The Bertz CT molecular complexity index is 1070. The van der Waals surface area contributed by atoms with Crippen LogP contribution in [0.3, 0.4) is 0 Å². The molecule has 2 aliphatic rings. The standard InChI is InChI=1S/C23H20N4O3S/c24-15-18-8-6-17(7-9-18)14-20-22(29)27(23(30)31-20)16-21(28)26-12-10-25(11-13-26)19-4-2-1-3-5-19/h1-9,14H,10-13,16H2/b20-14+. The van der Waals surface area contributed by atoms with Crippen molar-refractivity contribution in [2.24, 2.45) is 0 Å². The second-order valence-corrected chi connectivity index (χ2v) is 8.20. The summed E-state index contributed by atoms with van der Waals surface area (Å²) < 4.78 is 0. The number of amides is 3. The number of benzene rings is 2. The van der Waals surface area contributed by atoms with E-state index in [1.165, 1.54) is 0 Å². The Morgan fingerprint density at radius 3 is 2.32 bits per heavy atom. The largest absolute Gasteiger partial charge is 0.368 e. The molecule has 0 radical (unpaired) electrons. The van der Waals surface area contributed by atoms with Crippen LogP contribution in [0.15, 0.2) is 59.5 Å². The number of imide groups is 1. The maximum Gasteiger partial charge on any atom is 0.294 e. The number of anilines is 1. The third-order valence-corrected chi connectivity index (χ3v) is 6.17. The molecule has 8 heteroatoms. The van der Waals surface area contributed by atoms with Crippen molar-refractivity contribution in [2.45, 2.75) is 0 Å². The molecule has 2 aromatic rings. The van der Waals surface area contributed by atoms with Crippen LogP contribution < -0.4 is 4.90 Å². The molecule has 2 aromatic carbocycles. The van der Waals surface area contributed by atoms with Gasteiger partial charge in [0, 0.05) is 31.9 Å². The van der Waals surface area contributed by atoms with Crippen molar-refractivity contribution in [1.82, 2.24) is 9.80 Å². The van der Waals surface area contributed by atoms with Gasteiger partial charge in [0.15, 0.2) is 0 Å². The fourth-order valence-corrected chi connectivity index (χ4v) is 4.37. The van der Waals surface area contributed by atoms with E-state index in [1.807, 2.05) is 36.4 Å². The van der Waals surface area contributed by atoms with E-state index in [0.717, 1.165) is 22.3 Å². The highest BCUT2D eigenvalue weighted by Crippen LogP contribution is 2.32. The molecule has 31 heavy (non-hydrogen) atoms. The zero-order valence-electron chi connectivity index (χ0n) is 16.7. The van der Waals surface area contributed by atoms with E-state index < -0.39 is 11.1 Å². The summed E-state index contributed by atoms with van der Waals surface area (Å²) in [6.07, 6.45) is 1.61. The summed E-state index contributed by atoms with van der Waals surface area (Å²) in [4.78, 5) is 42.9. The molecule has 2 aliphatic heterocycles. The Morgan fingerprint density at radius 1 is 1.00 bits per heavy atom. The van der Waals surface area contributed by atoms with Crippen LogP contribution in [-0.4, -0.2) is 59.6 Å². The molecule has 156 valence electrons. The third-order valence-electron chi connectivity index (χ3n) is 5.26. The van der Waals surface area contributed by atoms with Crippen LogP contribution in [0.2, 0.25) is 0 Å². The van der Waals surface area contributed by atoms with Gasteiger partial charge in [0.05, 0.1) is 16.5 Å². The van der Waals surface area contributed by atoms with E-state index in [-0.39, 0.29) is 17.4 Å². The Kier molecular flexibility index (Phi) is 6.05. The molecule has 7 nitrogen and oxygen atoms in total. The summed E-state index contributed by atoms with van der Waals surface area (Å²) in [5, 5.41) is 8.43. The monoisotopic (exact) mass is 432 g/mol. The van der Waals surface area contributed by atoms with Crippen LogP contribution in [0.5, 0.6) is 0 Å². The molecular weight excluding hydrogens is 412 g/mol. The SMILES string of the molecule is N#Cc1ccc(/C=C2/SC(=O)N(CC(=O)N3CCN(c4ccccc4)CC3)C2=O)cc1. The molecule has 0 atom stereocenters. The number of thioether (sulfide) groups is 1. The lowest BCUT2D eigenvalue weighted by Gasteiger charge is -2.36. The highest BCUT2D eigenvalue weighted by molar-refractivity contribution is 8.18. The number of para-hydroxylation sites is 1. The molecular formula is C23H20N4O3S. The number of rotatable bonds is 4. The minimum absolute atomic E-state index is 0.227. The van der Waals surface area contributed by atoms with Crippen molar-refractivity contribution in [1.29, 1.82) is 5.26 Å². The zero-order valence-corrected chi connectivity index (χ0v) is 17.5. The van der Waals surface area contributed by atoms with Gasteiger partial charge < -0.3 is 9.80 Å². The van der Waals surface area contributed by atoms with Gasteiger partial charge in [0.2, 0.25) is 5.91 Å². The van der Waals surface area contributed by atoms with Crippen LogP contribution in [0.25, 0.3) is 6.08 Å². The minimum atomic E-state index is -0.462. The molecule has 0 bridgehead atoms. The van der Waals surface area contributed by atoms with Crippen molar-refractivity contribution >= 4 is 40.6 Å². The summed E-state index contributed by atoms with van der Waals surface area (Å²) in [7, 11) is 0. The van der Waals surface area contributed by atoms with Crippen LogP contribution in [-0.2, 0) is 9.59 Å². The summed E-state index contributed by atoms with van der Waals surface area (Å²) in [6.45, 7) is 2.25. The molecule has 0 unspecified atom stereocenters. The minimum Gasteiger partial charge on any atom is -0.368 e.